The highest BCUT2D eigenvalue weighted by Gasteiger charge is 2.21. The Balaban J connectivity index is 1.73. The number of rotatable bonds is 4. The van der Waals surface area contributed by atoms with Gasteiger partial charge in [0.2, 0.25) is 0 Å². The van der Waals surface area contributed by atoms with Crippen LogP contribution in [0.25, 0.3) is 0 Å². The third kappa shape index (κ3) is 4.30. The van der Waals surface area contributed by atoms with Crippen LogP contribution in [0.15, 0.2) is 27.8 Å². The van der Waals surface area contributed by atoms with Crippen LogP contribution in [-0.4, -0.2) is 19.6 Å². The van der Waals surface area contributed by atoms with E-state index in [-0.39, 0.29) is 0 Å². The van der Waals surface area contributed by atoms with Crippen molar-refractivity contribution in [3.63, 3.8) is 0 Å². The summed E-state index contributed by atoms with van der Waals surface area (Å²) in [6.45, 7) is 4.05. The highest BCUT2D eigenvalue weighted by molar-refractivity contribution is 5.79. The molecule has 1 aromatic heterocycles. The second-order valence-electron chi connectivity index (χ2n) is 5.41. The van der Waals surface area contributed by atoms with Crippen molar-refractivity contribution in [2.24, 2.45) is 16.8 Å². The molecule has 1 aliphatic carbocycles. The largest absolute Gasteiger partial charge is 0.467 e. The van der Waals surface area contributed by atoms with E-state index in [1.54, 1.807) is 6.26 Å². The molecule has 4 heteroatoms. The van der Waals surface area contributed by atoms with Crippen molar-refractivity contribution in [2.45, 2.75) is 39.2 Å². The first-order valence-corrected chi connectivity index (χ1v) is 7.26. The summed E-state index contributed by atoms with van der Waals surface area (Å²) in [5.74, 6) is 3.38. The molecule has 4 nitrogen and oxygen atoms in total. The van der Waals surface area contributed by atoms with E-state index in [0.29, 0.717) is 6.54 Å². The minimum absolute atomic E-state index is 0.674. The molecule has 0 aliphatic heterocycles. The minimum atomic E-state index is 0.674. The minimum Gasteiger partial charge on any atom is -0.467 e. The molecule has 0 radical (unpaired) electrons. The monoisotopic (exact) mass is 263 g/mol. The molecule has 0 bridgehead atoms. The Bertz CT molecular complexity index is 386. The second-order valence-corrected chi connectivity index (χ2v) is 5.41. The predicted octanol–water partition coefficient (Wildman–Crippen LogP) is 2.77. The molecule has 0 spiro atoms. The number of furan rings is 1. The van der Waals surface area contributed by atoms with Crippen LogP contribution in [0.2, 0.25) is 0 Å². The molecule has 0 aromatic carbocycles. The molecule has 19 heavy (non-hydrogen) atoms. The topological polar surface area (TPSA) is 49.6 Å². The SMILES string of the molecule is CN=C(NCc1ccco1)NCC1CCCCC1C. The van der Waals surface area contributed by atoms with Gasteiger partial charge in [0.05, 0.1) is 12.8 Å². The van der Waals surface area contributed by atoms with E-state index in [1.165, 1.54) is 25.7 Å². The molecule has 2 rings (SSSR count). The van der Waals surface area contributed by atoms with Gasteiger partial charge in [0, 0.05) is 13.6 Å². The fourth-order valence-corrected chi connectivity index (χ4v) is 2.73. The molecule has 106 valence electrons. The normalized spacial score (nSPS) is 24.2. The first-order valence-electron chi connectivity index (χ1n) is 7.26. The quantitative estimate of drug-likeness (QED) is 0.648. The fourth-order valence-electron chi connectivity index (χ4n) is 2.73. The Labute approximate surface area is 115 Å². The van der Waals surface area contributed by atoms with Gasteiger partial charge in [-0.15, -0.1) is 0 Å². The molecular formula is C15H25N3O. The lowest BCUT2D eigenvalue weighted by Gasteiger charge is -2.29. The highest BCUT2D eigenvalue weighted by Crippen LogP contribution is 2.28. The maximum Gasteiger partial charge on any atom is 0.191 e. The number of nitrogens with zero attached hydrogens (tertiary/aromatic N) is 1. The lowest BCUT2D eigenvalue weighted by molar-refractivity contribution is 0.256. The van der Waals surface area contributed by atoms with Crippen LogP contribution in [0.3, 0.4) is 0 Å². The van der Waals surface area contributed by atoms with E-state index in [0.717, 1.165) is 30.1 Å². The molecule has 1 heterocycles. The summed E-state index contributed by atoms with van der Waals surface area (Å²) in [6.07, 6.45) is 7.16. The summed E-state index contributed by atoms with van der Waals surface area (Å²) >= 11 is 0. The molecular weight excluding hydrogens is 238 g/mol. The Morgan fingerprint density at radius 3 is 2.89 bits per heavy atom. The van der Waals surface area contributed by atoms with Gasteiger partial charge in [0.1, 0.15) is 5.76 Å². The van der Waals surface area contributed by atoms with Crippen LogP contribution in [0.5, 0.6) is 0 Å². The van der Waals surface area contributed by atoms with Gasteiger partial charge < -0.3 is 15.1 Å². The van der Waals surface area contributed by atoms with E-state index < -0.39 is 0 Å². The van der Waals surface area contributed by atoms with Crippen molar-refractivity contribution in [1.82, 2.24) is 10.6 Å². The van der Waals surface area contributed by atoms with Crippen LogP contribution < -0.4 is 10.6 Å². The Morgan fingerprint density at radius 2 is 2.21 bits per heavy atom. The van der Waals surface area contributed by atoms with Crippen LogP contribution in [-0.2, 0) is 6.54 Å². The maximum absolute atomic E-state index is 5.29. The van der Waals surface area contributed by atoms with E-state index in [2.05, 4.69) is 22.5 Å². The Kier molecular flexibility index (Phi) is 5.31. The summed E-state index contributed by atoms with van der Waals surface area (Å²) in [7, 11) is 1.81. The van der Waals surface area contributed by atoms with Gasteiger partial charge in [-0.2, -0.15) is 0 Å². The number of hydrogen-bond acceptors (Lipinski definition) is 2. The lowest BCUT2D eigenvalue weighted by atomic mass is 9.80. The summed E-state index contributed by atoms with van der Waals surface area (Å²) in [6, 6.07) is 3.86. The highest BCUT2D eigenvalue weighted by atomic mass is 16.3. The molecule has 0 amide bonds. The van der Waals surface area contributed by atoms with Gasteiger partial charge in [0.15, 0.2) is 5.96 Å². The average Bonchev–Trinajstić information content (AvgIpc) is 2.94. The summed E-state index contributed by atoms with van der Waals surface area (Å²) in [5.41, 5.74) is 0. The van der Waals surface area contributed by atoms with Crippen molar-refractivity contribution in [3.05, 3.63) is 24.2 Å². The van der Waals surface area contributed by atoms with Gasteiger partial charge in [0.25, 0.3) is 0 Å². The van der Waals surface area contributed by atoms with Crippen molar-refractivity contribution in [1.29, 1.82) is 0 Å². The standard InChI is InChI=1S/C15H25N3O/c1-12-6-3-4-7-13(12)10-17-15(16-2)18-11-14-8-5-9-19-14/h5,8-9,12-13H,3-4,6-7,10-11H2,1-2H3,(H2,16,17,18). The van der Waals surface area contributed by atoms with E-state index in [4.69, 9.17) is 4.42 Å². The third-order valence-corrected chi connectivity index (χ3v) is 4.05. The number of nitrogens with one attached hydrogen (secondary N) is 2. The first-order chi connectivity index (χ1) is 9.29. The molecule has 1 aromatic rings. The van der Waals surface area contributed by atoms with Crippen LogP contribution >= 0.6 is 0 Å². The molecule has 0 saturated heterocycles. The zero-order valence-corrected chi connectivity index (χ0v) is 12.0. The van der Waals surface area contributed by atoms with Crippen molar-refractivity contribution in [2.75, 3.05) is 13.6 Å². The van der Waals surface area contributed by atoms with Crippen LogP contribution in [0, 0.1) is 11.8 Å². The van der Waals surface area contributed by atoms with Gasteiger partial charge in [-0.05, 0) is 30.4 Å². The predicted molar refractivity (Wildman–Crippen MR) is 78.0 cm³/mol. The number of guanidine groups is 1. The Hall–Kier alpha value is -1.45. The number of hydrogen-bond donors (Lipinski definition) is 2. The molecule has 1 saturated carbocycles. The summed E-state index contributed by atoms with van der Waals surface area (Å²) < 4.78 is 5.29. The molecule has 1 aliphatic rings. The Morgan fingerprint density at radius 1 is 1.37 bits per heavy atom. The van der Waals surface area contributed by atoms with Gasteiger partial charge in [-0.25, -0.2) is 0 Å². The van der Waals surface area contributed by atoms with Crippen molar-refractivity contribution >= 4 is 5.96 Å². The van der Waals surface area contributed by atoms with Gasteiger partial charge >= 0.3 is 0 Å². The second kappa shape index (κ2) is 7.22. The van der Waals surface area contributed by atoms with Crippen molar-refractivity contribution < 1.29 is 4.42 Å². The first kappa shape index (κ1) is 14.0. The average molecular weight is 263 g/mol. The molecule has 1 fully saturated rings. The van der Waals surface area contributed by atoms with Crippen LogP contribution in [0.4, 0.5) is 0 Å². The zero-order valence-electron chi connectivity index (χ0n) is 12.0. The van der Waals surface area contributed by atoms with Gasteiger partial charge in [-0.1, -0.05) is 26.2 Å². The van der Waals surface area contributed by atoms with E-state index >= 15 is 0 Å². The van der Waals surface area contributed by atoms with Gasteiger partial charge in [-0.3, -0.25) is 4.99 Å². The molecule has 2 atom stereocenters. The zero-order chi connectivity index (χ0) is 13.5. The van der Waals surface area contributed by atoms with Crippen molar-refractivity contribution in [3.8, 4) is 0 Å². The molecule has 2 unspecified atom stereocenters. The summed E-state index contributed by atoms with van der Waals surface area (Å²) in [4.78, 5) is 4.25. The van der Waals surface area contributed by atoms with E-state index in [9.17, 15) is 0 Å². The molecule has 2 N–H and O–H groups in total. The van der Waals surface area contributed by atoms with E-state index in [1.807, 2.05) is 19.2 Å². The lowest BCUT2D eigenvalue weighted by Crippen LogP contribution is -2.41. The third-order valence-electron chi connectivity index (χ3n) is 4.05. The smallest absolute Gasteiger partial charge is 0.191 e. The fraction of sp³-hybridized carbons (Fsp3) is 0.667. The van der Waals surface area contributed by atoms with Crippen LogP contribution in [0.1, 0.15) is 38.4 Å². The number of aliphatic imine (C=N–C) groups is 1. The maximum atomic E-state index is 5.29. The summed E-state index contributed by atoms with van der Waals surface area (Å²) in [5, 5.41) is 6.70.